The summed E-state index contributed by atoms with van der Waals surface area (Å²) >= 11 is 0. The molecule has 2 atom stereocenters. The average Bonchev–Trinajstić information content (AvgIpc) is 2.47. The van der Waals surface area contributed by atoms with E-state index < -0.39 is 0 Å². The Morgan fingerprint density at radius 1 is 1.10 bits per heavy atom. The van der Waals surface area contributed by atoms with Crippen LogP contribution in [0.2, 0.25) is 0 Å². The molecule has 1 aliphatic rings. The highest BCUT2D eigenvalue weighted by Crippen LogP contribution is 2.39. The van der Waals surface area contributed by atoms with E-state index in [1.165, 1.54) is 0 Å². The Morgan fingerprint density at radius 3 is 2.55 bits per heavy atom. The lowest BCUT2D eigenvalue weighted by Crippen LogP contribution is -2.32. The van der Waals surface area contributed by atoms with Gasteiger partial charge in [0.2, 0.25) is 0 Å². The van der Waals surface area contributed by atoms with Gasteiger partial charge in [-0.2, -0.15) is 0 Å². The topological polar surface area (TPSA) is 30.5 Å². The fourth-order valence-electron chi connectivity index (χ4n) is 2.62. The number of methoxy groups -OCH3 is 1. The Bertz CT molecular complexity index is 607. The molecule has 1 N–H and O–H groups in total. The van der Waals surface area contributed by atoms with Crippen LogP contribution >= 0.6 is 0 Å². The van der Waals surface area contributed by atoms with Crippen LogP contribution in [-0.2, 0) is 0 Å². The van der Waals surface area contributed by atoms with Crippen molar-refractivity contribution in [3.05, 3.63) is 53.6 Å². The van der Waals surface area contributed by atoms with Gasteiger partial charge in [-0.15, -0.1) is 0 Å². The molecule has 2 aromatic rings. The van der Waals surface area contributed by atoms with E-state index in [1.54, 1.807) is 7.11 Å². The van der Waals surface area contributed by atoms with Gasteiger partial charge in [-0.05, 0) is 43.2 Å². The summed E-state index contributed by atoms with van der Waals surface area (Å²) in [6, 6.07) is 14.5. The average molecular weight is 269 g/mol. The number of anilines is 1. The van der Waals surface area contributed by atoms with E-state index in [9.17, 15) is 0 Å². The van der Waals surface area contributed by atoms with E-state index in [-0.39, 0.29) is 12.1 Å². The number of rotatable bonds is 2. The molecule has 20 heavy (non-hydrogen) atoms. The molecular weight excluding hydrogens is 250 g/mol. The van der Waals surface area contributed by atoms with E-state index in [1.807, 2.05) is 18.2 Å². The normalized spacial score (nSPS) is 20.6. The molecule has 0 radical (unpaired) electrons. The van der Waals surface area contributed by atoms with Gasteiger partial charge in [0, 0.05) is 0 Å². The van der Waals surface area contributed by atoms with Gasteiger partial charge >= 0.3 is 0 Å². The molecule has 0 saturated heterocycles. The number of fused-ring (bicyclic) bond motifs is 1. The van der Waals surface area contributed by atoms with Crippen LogP contribution in [-0.4, -0.2) is 13.2 Å². The largest absolute Gasteiger partial charge is 0.497 e. The van der Waals surface area contributed by atoms with Crippen molar-refractivity contribution < 1.29 is 9.47 Å². The van der Waals surface area contributed by atoms with Crippen molar-refractivity contribution in [2.45, 2.75) is 26.0 Å². The summed E-state index contributed by atoms with van der Waals surface area (Å²) in [6.45, 7) is 4.21. The third kappa shape index (κ3) is 2.20. The van der Waals surface area contributed by atoms with Crippen molar-refractivity contribution in [2.24, 2.45) is 0 Å². The van der Waals surface area contributed by atoms with E-state index in [4.69, 9.17) is 9.47 Å². The van der Waals surface area contributed by atoms with Gasteiger partial charge in [0.05, 0.1) is 18.8 Å². The summed E-state index contributed by atoms with van der Waals surface area (Å²) in [4.78, 5) is 0. The van der Waals surface area contributed by atoms with Crippen LogP contribution in [0.5, 0.6) is 11.5 Å². The molecule has 0 spiro atoms. The second-order valence-electron chi connectivity index (χ2n) is 5.20. The molecule has 0 bridgehead atoms. The number of para-hydroxylation sites is 1. The van der Waals surface area contributed by atoms with Crippen LogP contribution in [0.4, 0.5) is 5.69 Å². The Labute approximate surface area is 119 Å². The van der Waals surface area contributed by atoms with E-state index >= 15 is 0 Å². The van der Waals surface area contributed by atoms with E-state index in [0.717, 1.165) is 28.3 Å². The number of hydrogen-bond acceptors (Lipinski definition) is 3. The zero-order valence-electron chi connectivity index (χ0n) is 12.0. The molecule has 0 amide bonds. The first-order valence-electron chi connectivity index (χ1n) is 6.86. The van der Waals surface area contributed by atoms with Crippen molar-refractivity contribution >= 4 is 5.69 Å². The maximum Gasteiger partial charge on any atom is 0.146 e. The highest BCUT2D eigenvalue weighted by Gasteiger charge is 2.28. The van der Waals surface area contributed by atoms with Gasteiger partial charge in [-0.25, -0.2) is 0 Å². The van der Waals surface area contributed by atoms with Crippen LogP contribution in [0.3, 0.4) is 0 Å². The smallest absolute Gasteiger partial charge is 0.146 e. The molecule has 0 saturated carbocycles. The SMILES string of the molecule is COc1ccc(C2Oc3c(C)cccc3NC2C)cc1. The number of hydrogen-bond donors (Lipinski definition) is 1. The van der Waals surface area contributed by atoms with Crippen LogP contribution in [0.25, 0.3) is 0 Å². The second-order valence-corrected chi connectivity index (χ2v) is 5.20. The summed E-state index contributed by atoms with van der Waals surface area (Å²) in [5, 5.41) is 3.52. The molecule has 3 heteroatoms. The third-order valence-electron chi connectivity index (χ3n) is 3.74. The number of nitrogens with one attached hydrogen (secondary N) is 1. The third-order valence-corrected chi connectivity index (χ3v) is 3.74. The predicted molar refractivity (Wildman–Crippen MR) is 80.6 cm³/mol. The maximum atomic E-state index is 6.23. The Kier molecular flexibility index (Phi) is 3.26. The quantitative estimate of drug-likeness (QED) is 0.895. The first kappa shape index (κ1) is 12.9. The van der Waals surface area contributed by atoms with Crippen LogP contribution < -0.4 is 14.8 Å². The molecule has 3 nitrogen and oxygen atoms in total. The van der Waals surface area contributed by atoms with Crippen molar-refractivity contribution in [2.75, 3.05) is 12.4 Å². The van der Waals surface area contributed by atoms with Gasteiger partial charge in [0.1, 0.15) is 17.6 Å². The Balaban J connectivity index is 1.93. The molecule has 2 aromatic carbocycles. The van der Waals surface area contributed by atoms with Crippen molar-refractivity contribution in [1.29, 1.82) is 0 Å². The minimum Gasteiger partial charge on any atom is -0.497 e. The zero-order valence-corrected chi connectivity index (χ0v) is 12.0. The van der Waals surface area contributed by atoms with Gasteiger partial charge in [0.25, 0.3) is 0 Å². The lowest BCUT2D eigenvalue weighted by molar-refractivity contribution is 0.176. The Morgan fingerprint density at radius 2 is 1.85 bits per heavy atom. The summed E-state index contributed by atoms with van der Waals surface area (Å²) in [6.07, 6.45) is 0.00880. The van der Waals surface area contributed by atoms with Crippen molar-refractivity contribution in [3.8, 4) is 11.5 Å². The number of aryl methyl sites for hydroxylation is 1. The molecule has 0 aliphatic carbocycles. The summed E-state index contributed by atoms with van der Waals surface area (Å²) in [5.74, 6) is 1.81. The number of benzene rings is 2. The molecule has 1 heterocycles. The van der Waals surface area contributed by atoms with Gasteiger partial charge in [-0.3, -0.25) is 0 Å². The van der Waals surface area contributed by atoms with Gasteiger partial charge in [0.15, 0.2) is 0 Å². The van der Waals surface area contributed by atoms with Crippen LogP contribution in [0, 0.1) is 6.92 Å². The molecule has 3 rings (SSSR count). The van der Waals surface area contributed by atoms with Crippen molar-refractivity contribution in [1.82, 2.24) is 0 Å². The molecular formula is C17H19NO2. The minimum atomic E-state index is 0.00880. The molecule has 1 aliphatic heterocycles. The maximum absolute atomic E-state index is 6.23. The summed E-state index contributed by atoms with van der Waals surface area (Å²) in [5.41, 5.74) is 3.38. The Hall–Kier alpha value is -2.16. The molecule has 0 fully saturated rings. The molecule has 0 aromatic heterocycles. The minimum absolute atomic E-state index is 0.00880. The molecule has 104 valence electrons. The predicted octanol–water partition coefficient (Wildman–Crippen LogP) is 3.94. The lowest BCUT2D eigenvalue weighted by Gasteiger charge is -2.34. The van der Waals surface area contributed by atoms with E-state index in [0.29, 0.717) is 0 Å². The fraction of sp³-hybridized carbons (Fsp3) is 0.294. The van der Waals surface area contributed by atoms with Crippen LogP contribution in [0.15, 0.2) is 42.5 Å². The highest BCUT2D eigenvalue weighted by atomic mass is 16.5. The second kappa shape index (κ2) is 5.08. The first-order valence-corrected chi connectivity index (χ1v) is 6.86. The monoisotopic (exact) mass is 269 g/mol. The molecule has 2 unspecified atom stereocenters. The standard InChI is InChI=1S/C17H19NO2/c1-11-5-4-6-15-16(11)20-17(12(2)18-15)13-7-9-14(19-3)10-8-13/h4-10,12,17-18H,1-3H3. The van der Waals surface area contributed by atoms with Crippen LogP contribution in [0.1, 0.15) is 24.2 Å². The van der Waals surface area contributed by atoms with Crippen molar-refractivity contribution in [3.63, 3.8) is 0 Å². The van der Waals surface area contributed by atoms with E-state index in [2.05, 4.69) is 43.4 Å². The zero-order chi connectivity index (χ0) is 14.1. The highest BCUT2D eigenvalue weighted by molar-refractivity contribution is 5.62. The number of ether oxygens (including phenoxy) is 2. The van der Waals surface area contributed by atoms with Gasteiger partial charge in [-0.1, -0.05) is 24.3 Å². The lowest BCUT2D eigenvalue weighted by atomic mass is 10.00. The summed E-state index contributed by atoms with van der Waals surface area (Å²) < 4.78 is 11.4. The summed E-state index contributed by atoms with van der Waals surface area (Å²) in [7, 11) is 1.68. The van der Waals surface area contributed by atoms with Gasteiger partial charge < -0.3 is 14.8 Å². The first-order chi connectivity index (χ1) is 9.69. The fourth-order valence-corrected chi connectivity index (χ4v) is 2.62.